The molecule has 100 valence electrons. The van der Waals surface area contributed by atoms with Gasteiger partial charge in [0.25, 0.3) is 0 Å². The standard InChI is InChI=1S/C15H21ClFN/c1-4-11(3)8-14(18-5-2)9-12-6-7-13(17)10-15(12)16/h6-7,10,14,18H,3-5,8-9H2,1-2H3. The average molecular weight is 270 g/mol. The lowest BCUT2D eigenvalue weighted by molar-refractivity contribution is 0.515. The van der Waals surface area contributed by atoms with Crippen LogP contribution in [0.15, 0.2) is 30.4 Å². The van der Waals surface area contributed by atoms with Crippen molar-refractivity contribution in [2.45, 2.75) is 39.2 Å². The molecule has 1 rings (SSSR count). The molecule has 0 fully saturated rings. The molecule has 1 unspecified atom stereocenters. The predicted molar refractivity (Wildman–Crippen MR) is 76.6 cm³/mol. The average Bonchev–Trinajstić information content (AvgIpc) is 2.32. The molecule has 0 aliphatic rings. The van der Waals surface area contributed by atoms with Crippen molar-refractivity contribution >= 4 is 11.6 Å². The van der Waals surface area contributed by atoms with E-state index in [0.717, 1.165) is 31.4 Å². The molecular weight excluding hydrogens is 249 g/mol. The van der Waals surface area contributed by atoms with Crippen molar-refractivity contribution < 1.29 is 4.39 Å². The minimum atomic E-state index is -0.290. The second kappa shape index (κ2) is 7.55. The molecule has 18 heavy (non-hydrogen) atoms. The molecule has 0 bridgehead atoms. The van der Waals surface area contributed by atoms with Gasteiger partial charge in [0.15, 0.2) is 0 Å². The summed E-state index contributed by atoms with van der Waals surface area (Å²) in [6.45, 7) is 9.13. The summed E-state index contributed by atoms with van der Waals surface area (Å²) >= 11 is 6.05. The lowest BCUT2D eigenvalue weighted by Crippen LogP contribution is -2.31. The number of likely N-dealkylation sites (N-methyl/N-ethyl adjacent to an activating group) is 1. The van der Waals surface area contributed by atoms with Gasteiger partial charge in [0.1, 0.15) is 5.82 Å². The molecule has 0 radical (unpaired) electrons. The number of rotatable bonds is 7. The van der Waals surface area contributed by atoms with Gasteiger partial charge in [-0.1, -0.05) is 43.7 Å². The van der Waals surface area contributed by atoms with E-state index in [9.17, 15) is 4.39 Å². The summed E-state index contributed by atoms with van der Waals surface area (Å²) in [5.74, 6) is -0.290. The van der Waals surface area contributed by atoms with E-state index >= 15 is 0 Å². The van der Waals surface area contributed by atoms with E-state index < -0.39 is 0 Å². The summed E-state index contributed by atoms with van der Waals surface area (Å²) in [5.41, 5.74) is 2.20. The first-order valence-corrected chi connectivity index (χ1v) is 6.78. The molecule has 1 N–H and O–H groups in total. The van der Waals surface area contributed by atoms with E-state index in [1.807, 2.05) is 0 Å². The first kappa shape index (κ1) is 15.2. The summed E-state index contributed by atoms with van der Waals surface area (Å²) in [4.78, 5) is 0. The minimum Gasteiger partial charge on any atom is -0.314 e. The zero-order valence-corrected chi connectivity index (χ0v) is 11.9. The Hall–Kier alpha value is -0.860. The molecule has 0 aliphatic carbocycles. The third kappa shape index (κ3) is 4.79. The van der Waals surface area contributed by atoms with Gasteiger partial charge in [-0.05, 0) is 43.5 Å². The van der Waals surface area contributed by atoms with E-state index in [1.165, 1.54) is 17.7 Å². The zero-order chi connectivity index (χ0) is 13.5. The largest absolute Gasteiger partial charge is 0.314 e. The van der Waals surface area contributed by atoms with Crippen LogP contribution in [0.25, 0.3) is 0 Å². The molecule has 0 aromatic heterocycles. The summed E-state index contributed by atoms with van der Waals surface area (Å²) < 4.78 is 13.0. The van der Waals surface area contributed by atoms with Gasteiger partial charge in [-0.25, -0.2) is 4.39 Å². The van der Waals surface area contributed by atoms with Crippen molar-refractivity contribution in [3.8, 4) is 0 Å². The Kier molecular flexibility index (Phi) is 6.37. The third-order valence-electron chi connectivity index (χ3n) is 3.01. The van der Waals surface area contributed by atoms with Crippen LogP contribution in [0.2, 0.25) is 5.02 Å². The van der Waals surface area contributed by atoms with Crippen LogP contribution in [0.1, 0.15) is 32.3 Å². The van der Waals surface area contributed by atoms with E-state index in [-0.39, 0.29) is 5.82 Å². The van der Waals surface area contributed by atoms with Crippen molar-refractivity contribution in [1.82, 2.24) is 5.32 Å². The summed E-state index contributed by atoms with van der Waals surface area (Å²) in [5, 5.41) is 3.92. The van der Waals surface area contributed by atoms with Gasteiger partial charge in [-0.15, -0.1) is 0 Å². The SMILES string of the molecule is C=C(CC)CC(Cc1ccc(F)cc1Cl)NCC. The Morgan fingerprint density at radius 3 is 2.72 bits per heavy atom. The lowest BCUT2D eigenvalue weighted by Gasteiger charge is -2.19. The number of halogens is 2. The van der Waals surface area contributed by atoms with Crippen LogP contribution in [-0.4, -0.2) is 12.6 Å². The van der Waals surface area contributed by atoms with Crippen LogP contribution >= 0.6 is 11.6 Å². The van der Waals surface area contributed by atoms with Crippen LogP contribution in [0, 0.1) is 5.82 Å². The van der Waals surface area contributed by atoms with E-state index in [0.29, 0.717) is 11.1 Å². The van der Waals surface area contributed by atoms with E-state index in [4.69, 9.17) is 11.6 Å². The molecule has 0 saturated carbocycles. The van der Waals surface area contributed by atoms with E-state index in [2.05, 4.69) is 25.7 Å². The normalized spacial score (nSPS) is 12.4. The number of hydrogen-bond donors (Lipinski definition) is 1. The molecule has 0 saturated heterocycles. The Balaban J connectivity index is 2.72. The monoisotopic (exact) mass is 269 g/mol. The van der Waals surface area contributed by atoms with Crippen LogP contribution in [0.4, 0.5) is 4.39 Å². The van der Waals surface area contributed by atoms with Gasteiger partial charge in [0, 0.05) is 11.1 Å². The highest BCUT2D eigenvalue weighted by atomic mass is 35.5. The van der Waals surface area contributed by atoms with Gasteiger partial charge >= 0.3 is 0 Å². The van der Waals surface area contributed by atoms with Gasteiger partial charge in [0.05, 0.1) is 0 Å². The molecular formula is C15H21ClFN. The Morgan fingerprint density at radius 1 is 1.44 bits per heavy atom. The van der Waals surface area contributed by atoms with Gasteiger partial charge < -0.3 is 5.32 Å². The predicted octanol–water partition coefficient (Wildman–Crippen LogP) is 4.36. The molecule has 1 aromatic rings. The number of nitrogens with one attached hydrogen (secondary N) is 1. The zero-order valence-electron chi connectivity index (χ0n) is 11.1. The third-order valence-corrected chi connectivity index (χ3v) is 3.36. The highest BCUT2D eigenvalue weighted by molar-refractivity contribution is 6.31. The van der Waals surface area contributed by atoms with Crippen LogP contribution in [0.5, 0.6) is 0 Å². The van der Waals surface area contributed by atoms with Crippen molar-refractivity contribution in [2.24, 2.45) is 0 Å². The Morgan fingerprint density at radius 2 is 2.17 bits per heavy atom. The summed E-state index contributed by atoms with van der Waals surface area (Å²) in [6.07, 6.45) is 2.71. The Labute approximate surface area is 114 Å². The van der Waals surface area contributed by atoms with Crippen molar-refractivity contribution in [3.05, 3.63) is 46.8 Å². The highest BCUT2D eigenvalue weighted by Gasteiger charge is 2.12. The van der Waals surface area contributed by atoms with Crippen molar-refractivity contribution in [2.75, 3.05) is 6.54 Å². The molecule has 1 aromatic carbocycles. The maximum atomic E-state index is 13.0. The second-order valence-electron chi connectivity index (χ2n) is 4.50. The maximum absolute atomic E-state index is 13.0. The molecule has 1 nitrogen and oxygen atoms in total. The topological polar surface area (TPSA) is 12.0 Å². The van der Waals surface area contributed by atoms with E-state index in [1.54, 1.807) is 6.07 Å². The van der Waals surface area contributed by atoms with Crippen LogP contribution in [-0.2, 0) is 6.42 Å². The van der Waals surface area contributed by atoms with Crippen LogP contribution in [0.3, 0.4) is 0 Å². The fraction of sp³-hybridized carbons (Fsp3) is 0.467. The van der Waals surface area contributed by atoms with Gasteiger partial charge in [0.2, 0.25) is 0 Å². The van der Waals surface area contributed by atoms with Gasteiger partial charge in [-0.3, -0.25) is 0 Å². The minimum absolute atomic E-state index is 0.290. The summed E-state index contributed by atoms with van der Waals surface area (Å²) in [7, 11) is 0. The fourth-order valence-corrected chi connectivity index (χ4v) is 2.20. The smallest absolute Gasteiger partial charge is 0.124 e. The molecule has 0 amide bonds. The Bertz CT molecular complexity index is 403. The first-order chi connectivity index (χ1) is 8.56. The van der Waals surface area contributed by atoms with Crippen LogP contribution < -0.4 is 5.32 Å². The number of benzene rings is 1. The highest BCUT2D eigenvalue weighted by Crippen LogP contribution is 2.20. The van der Waals surface area contributed by atoms with Crippen molar-refractivity contribution in [1.29, 1.82) is 0 Å². The number of hydrogen-bond acceptors (Lipinski definition) is 1. The first-order valence-electron chi connectivity index (χ1n) is 6.40. The molecule has 0 heterocycles. The molecule has 0 spiro atoms. The fourth-order valence-electron chi connectivity index (χ4n) is 1.95. The molecule has 1 atom stereocenters. The molecule has 3 heteroatoms. The van der Waals surface area contributed by atoms with Crippen molar-refractivity contribution in [3.63, 3.8) is 0 Å². The second-order valence-corrected chi connectivity index (χ2v) is 4.91. The summed E-state index contributed by atoms with van der Waals surface area (Å²) in [6, 6.07) is 4.90. The lowest BCUT2D eigenvalue weighted by atomic mass is 9.98. The van der Waals surface area contributed by atoms with Gasteiger partial charge in [-0.2, -0.15) is 0 Å². The molecule has 0 aliphatic heterocycles. The maximum Gasteiger partial charge on any atom is 0.124 e. The quantitative estimate of drug-likeness (QED) is 0.726.